The average Bonchev–Trinajstić information content (AvgIpc) is 3.45. The Balaban J connectivity index is 1.56. The Hall–Kier alpha value is -3.52. The van der Waals surface area contributed by atoms with Gasteiger partial charge in [0.05, 0.1) is 29.3 Å². The number of aromatic nitrogens is 1. The molecule has 0 aliphatic carbocycles. The predicted molar refractivity (Wildman–Crippen MR) is 144 cm³/mol. The molecular formula is C28H29N3O4S. The van der Waals surface area contributed by atoms with Gasteiger partial charge in [0.1, 0.15) is 5.56 Å². The molecule has 2 aromatic carbocycles. The number of benzene rings is 2. The molecule has 2 aliphatic rings. The smallest absolute Gasteiger partial charge is 0.345 e. The van der Waals surface area contributed by atoms with Crippen molar-refractivity contribution in [2.24, 2.45) is 0 Å². The van der Waals surface area contributed by atoms with E-state index in [1.54, 1.807) is 23.3 Å². The van der Waals surface area contributed by atoms with Crippen LogP contribution in [0.3, 0.4) is 0 Å². The molecule has 0 bridgehead atoms. The van der Waals surface area contributed by atoms with E-state index in [0.29, 0.717) is 38.4 Å². The number of rotatable bonds is 6. The third-order valence-electron chi connectivity index (χ3n) is 6.61. The lowest BCUT2D eigenvalue weighted by atomic mass is 10.1. The maximum Gasteiger partial charge on any atom is 0.345 e. The van der Waals surface area contributed by atoms with Gasteiger partial charge in [-0.2, -0.15) is 0 Å². The minimum absolute atomic E-state index is 0.0558. The molecule has 0 N–H and O–H groups in total. The van der Waals surface area contributed by atoms with Crippen molar-refractivity contribution in [1.82, 2.24) is 9.47 Å². The van der Waals surface area contributed by atoms with E-state index in [1.165, 1.54) is 0 Å². The van der Waals surface area contributed by atoms with Gasteiger partial charge in [-0.25, -0.2) is 4.79 Å². The quantitative estimate of drug-likeness (QED) is 0.475. The topological polar surface area (TPSA) is 71.8 Å². The first kappa shape index (κ1) is 24.2. The molecule has 2 aliphatic heterocycles. The van der Waals surface area contributed by atoms with Crippen LogP contribution in [0.25, 0.3) is 10.9 Å². The number of para-hydroxylation sites is 1. The van der Waals surface area contributed by atoms with Crippen molar-refractivity contribution in [3.8, 4) is 0 Å². The van der Waals surface area contributed by atoms with Crippen LogP contribution in [0.4, 0.5) is 5.69 Å². The molecular weight excluding hydrogens is 474 g/mol. The van der Waals surface area contributed by atoms with E-state index in [0.717, 1.165) is 33.5 Å². The average molecular weight is 504 g/mol. The van der Waals surface area contributed by atoms with Crippen molar-refractivity contribution < 1.29 is 14.3 Å². The minimum Gasteiger partial charge on any atom is -0.462 e. The van der Waals surface area contributed by atoms with Gasteiger partial charge in [-0.05, 0) is 25.0 Å². The molecule has 1 fully saturated rings. The first-order valence-electron chi connectivity index (χ1n) is 12.3. The maximum atomic E-state index is 13.9. The zero-order valence-electron chi connectivity index (χ0n) is 20.3. The standard InChI is InChI=1S/C28H29N3O4S/c1-2-35-28(34)24-25(29-14-16-30(17-15-29)26(32)23-13-8-18-36-23)21-11-6-7-12-22(21)31(27(24)33)19-20-9-4-3-5-10-20/h3-7,9-13H,2,8,14-19H2,1H3. The van der Waals surface area contributed by atoms with Gasteiger partial charge in [0, 0.05) is 37.3 Å². The number of ether oxygens (including phenoxy) is 1. The Kier molecular flexibility index (Phi) is 7.13. The number of hydrogen-bond acceptors (Lipinski definition) is 6. The van der Waals surface area contributed by atoms with Crippen LogP contribution in [0.5, 0.6) is 0 Å². The lowest BCUT2D eigenvalue weighted by Gasteiger charge is -2.37. The molecule has 1 aromatic heterocycles. The Morgan fingerprint density at radius 3 is 2.39 bits per heavy atom. The number of anilines is 1. The molecule has 8 heteroatoms. The summed E-state index contributed by atoms with van der Waals surface area (Å²) in [6, 6.07) is 17.4. The number of esters is 1. The molecule has 3 aromatic rings. The Morgan fingerprint density at radius 2 is 1.69 bits per heavy atom. The number of carbonyl (C=O) groups excluding carboxylic acids is 2. The van der Waals surface area contributed by atoms with E-state index in [9.17, 15) is 14.4 Å². The number of allylic oxidation sites excluding steroid dienone is 1. The first-order valence-corrected chi connectivity index (χ1v) is 13.3. The summed E-state index contributed by atoms with van der Waals surface area (Å²) in [5.41, 5.74) is 2.02. The number of pyridine rings is 1. The van der Waals surface area contributed by atoms with Crippen LogP contribution in [0, 0.1) is 0 Å². The van der Waals surface area contributed by atoms with Crippen LogP contribution in [-0.2, 0) is 16.1 Å². The molecule has 7 nitrogen and oxygen atoms in total. The lowest BCUT2D eigenvalue weighted by molar-refractivity contribution is -0.126. The van der Waals surface area contributed by atoms with Crippen molar-refractivity contribution in [2.75, 3.05) is 43.4 Å². The Labute approximate surface area is 214 Å². The van der Waals surface area contributed by atoms with Crippen LogP contribution < -0.4 is 10.5 Å². The van der Waals surface area contributed by atoms with Crippen molar-refractivity contribution in [1.29, 1.82) is 0 Å². The SMILES string of the molecule is CCOC(=O)c1c(N2CCN(C(=O)C3=CCCS3)CC2)c2ccccc2n(Cc2ccccc2)c1=O. The molecule has 36 heavy (non-hydrogen) atoms. The second kappa shape index (κ2) is 10.6. The molecule has 0 saturated carbocycles. The highest BCUT2D eigenvalue weighted by atomic mass is 32.2. The Bertz CT molecular complexity index is 1370. The van der Waals surface area contributed by atoms with Crippen LogP contribution >= 0.6 is 11.8 Å². The van der Waals surface area contributed by atoms with Crippen LogP contribution in [0.1, 0.15) is 29.3 Å². The van der Waals surface area contributed by atoms with E-state index in [2.05, 4.69) is 4.90 Å². The Morgan fingerprint density at radius 1 is 0.972 bits per heavy atom. The first-order chi connectivity index (χ1) is 17.6. The summed E-state index contributed by atoms with van der Waals surface area (Å²) in [6.07, 6.45) is 2.94. The van der Waals surface area contributed by atoms with E-state index in [4.69, 9.17) is 4.74 Å². The fourth-order valence-electron chi connectivity index (χ4n) is 4.88. The summed E-state index contributed by atoms with van der Waals surface area (Å²) in [6.45, 7) is 4.38. The third-order valence-corrected chi connectivity index (χ3v) is 7.70. The highest BCUT2D eigenvalue weighted by Gasteiger charge is 2.31. The van der Waals surface area contributed by atoms with Crippen LogP contribution in [-0.4, -0.2) is 59.9 Å². The summed E-state index contributed by atoms with van der Waals surface area (Å²) in [5.74, 6) is 0.414. The minimum atomic E-state index is -0.615. The molecule has 186 valence electrons. The highest BCUT2D eigenvalue weighted by Crippen LogP contribution is 2.32. The zero-order valence-corrected chi connectivity index (χ0v) is 21.1. The second-order valence-corrected chi connectivity index (χ2v) is 9.96. The number of fused-ring (bicyclic) bond motifs is 1. The summed E-state index contributed by atoms with van der Waals surface area (Å²) >= 11 is 1.61. The molecule has 0 radical (unpaired) electrons. The number of carbonyl (C=O) groups is 2. The number of hydrogen-bond donors (Lipinski definition) is 0. The third kappa shape index (κ3) is 4.65. The van der Waals surface area contributed by atoms with Crippen LogP contribution in [0.2, 0.25) is 0 Å². The normalized spacial score (nSPS) is 15.8. The summed E-state index contributed by atoms with van der Waals surface area (Å²) in [4.78, 5) is 44.7. The number of amides is 1. The van der Waals surface area contributed by atoms with Crippen molar-refractivity contribution in [3.63, 3.8) is 0 Å². The van der Waals surface area contributed by atoms with Crippen molar-refractivity contribution in [3.05, 3.63) is 87.1 Å². The van der Waals surface area contributed by atoms with Gasteiger partial charge in [0.15, 0.2) is 0 Å². The largest absolute Gasteiger partial charge is 0.462 e. The number of nitrogens with zero attached hydrogens (tertiary/aromatic N) is 3. The van der Waals surface area contributed by atoms with Gasteiger partial charge in [0.25, 0.3) is 11.5 Å². The van der Waals surface area contributed by atoms with Gasteiger partial charge in [-0.1, -0.05) is 54.6 Å². The summed E-state index contributed by atoms with van der Waals surface area (Å²) in [5, 5.41) is 0.824. The molecule has 1 amide bonds. The zero-order chi connectivity index (χ0) is 25.1. The van der Waals surface area contributed by atoms with Gasteiger partial charge in [-0.15, -0.1) is 11.8 Å². The number of piperazine rings is 1. The molecule has 1 saturated heterocycles. The molecule has 0 unspecified atom stereocenters. The fraction of sp³-hybridized carbons (Fsp3) is 0.321. The molecule has 0 atom stereocenters. The fourth-order valence-corrected chi connectivity index (χ4v) is 5.83. The summed E-state index contributed by atoms with van der Waals surface area (Å²) < 4.78 is 7.02. The van der Waals surface area contributed by atoms with E-state index in [-0.39, 0.29) is 23.6 Å². The number of thioether (sulfide) groups is 1. The van der Waals surface area contributed by atoms with Crippen LogP contribution in [0.15, 0.2) is 70.4 Å². The van der Waals surface area contributed by atoms with Gasteiger partial charge < -0.3 is 19.1 Å². The molecule has 5 rings (SSSR count). The van der Waals surface area contributed by atoms with Crippen molar-refractivity contribution >= 4 is 40.2 Å². The molecule has 0 spiro atoms. The summed E-state index contributed by atoms with van der Waals surface area (Å²) in [7, 11) is 0. The second-order valence-electron chi connectivity index (χ2n) is 8.82. The van der Waals surface area contributed by atoms with E-state index < -0.39 is 5.97 Å². The monoisotopic (exact) mass is 503 g/mol. The van der Waals surface area contributed by atoms with Gasteiger partial charge in [-0.3, -0.25) is 9.59 Å². The lowest BCUT2D eigenvalue weighted by Crippen LogP contribution is -2.50. The van der Waals surface area contributed by atoms with E-state index >= 15 is 0 Å². The maximum absolute atomic E-state index is 13.9. The van der Waals surface area contributed by atoms with Crippen molar-refractivity contribution in [2.45, 2.75) is 19.9 Å². The predicted octanol–water partition coefficient (Wildman–Crippen LogP) is 3.90. The highest BCUT2D eigenvalue weighted by molar-refractivity contribution is 8.04. The van der Waals surface area contributed by atoms with Gasteiger partial charge >= 0.3 is 5.97 Å². The van der Waals surface area contributed by atoms with Gasteiger partial charge in [0.2, 0.25) is 0 Å². The van der Waals surface area contributed by atoms with E-state index in [1.807, 2.05) is 65.6 Å². The molecule has 3 heterocycles.